The quantitative estimate of drug-likeness (QED) is 0.0174. The summed E-state index contributed by atoms with van der Waals surface area (Å²) in [6.45, 7) is 3.32. The Morgan fingerprint density at radius 3 is 1.26 bits per heavy atom. The minimum absolute atomic E-state index is 0.00118. The number of pyridine rings is 5. The van der Waals surface area contributed by atoms with E-state index in [0.717, 1.165) is 67.2 Å². The van der Waals surface area contributed by atoms with Gasteiger partial charge in [0.05, 0.1) is 127 Å². The van der Waals surface area contributed by atoms with Crippen LogP contribution < -0.4 is 5.32 Å². The number of aromatic nitrogens is 5. The zero-order valence-electron chi connectivity index (χ0n) is 76.9. The lowest BCUT2D eigenvalue weighted by molar-refractivity contribution is -0.187. The highest BCUT2D eigenvalue weighted by molar-refractivity contribution is 6.36. The summed E-state index contributed by atoms with van der Waals surface area (Å²) in [5, 5.41) is 57.5. The Morgan fingerprint density at radius 1 is 0.431 bits per heavy atom. The molecule has 0 radical (unpaired) electrons. The van der Waals surface area contributed by atoms with Gasteiger partial charge in [0.1, 0.15) is 0 Å². The van der Waals surface area contributed by atoms with Gasteiger partial charge in [-0.05, 0) is 200 Å². The first-order chi connectivity index (χ1) is 64.8. The Hall–Kier alpha value is -8.06. The molecule has 21 nitrogen and oxygen atoms in total. The highest BCUT2D eigenvalue weighted by atomic mass is 35.5. The van der Waals surface area contributed by atoms with Crippen molar-refractivity contribution in [3.8, 4) is 0 Å². The molecule has 0 aromatic carbocycles. The van der Waals surface area contributed by atoms with E-state index in [4.69, 9.17) is 70.1 Å². The Morgan fingerprint density at radius 2 is 0.825 bits per heavy atom. The molecule has 12 heterocycles. The number of amides is 1. The van der Waals surface area contributed by atoms with E-state index in [1.54, 1.807) is 67.3 Å². The van der Waals surface area contributed by atoms with Crippen LogP contribution in [0.2, 0.25) is 20.1 Å². The SMILES string of the molecule is COCCc1cc(C(=O)CCC2(O)CCCC(F)(F)C2)c2c(C(F)(F)F)cccn12.COCCc1cc(C(=O)CCC2(O)CCCC(F)(F)C2)c2c(Cl)cccn12.COCCc1cc(C(=O)CCCC2(O)CCCC2)c2c(Cl)cccn12.O=C(CCC1(O)CCC(F)(F)CC1)c1cc(C2CCOC2)n2cccc(Cl)c12.O=C(NCC1CCC(F)(F)CC1)c1cc(C2(O)COC2)n2cccc(Cl)c12. The summed E-state index contributed by atoms with van der Waals surface area (Å²) in [6.07, 6.45) is 11.2. The fraction of sp³-hybridized carbons (Fsp3) is 0.554. The van der Waals surface area contributed by atoms with Crippen molar-refractivity contribution in [3.63, 3.8) is 0 Å². The third-order valence-electron chi connectivity index (χ3n) is 27.8. The summed E-state index contributed by atoms with van der Waals surface area (Å²) in [5.74, 6) is -12.1. The third-order valence-corrected chi connectivity index (χ3v) is 29.1. The number of alkyl halides is 11. The Balaban J connectivity index is 0.000000145. The number of carbonyl (C=O) groups excluding carboxylic acids is 5. The molecule has 2 saturated heterocycles. The number of hydrogen-bond acceptors (Lipinski definition) is 15. The van der Waals surface area contributed by atoms with Crippen molar-refractivity contribution >= 4 is 103 Å². The van der Waals surface area contributed by atoms with Gasteiger partial charge in [-0.25, -0.2) is 35.1 Å². The van der Waals surface area contributed by atoms with Crippen molar-refractivity contribution in [2.24, 2.45) is 5.92 Å². The number of nitrogens with one attached hydrogen (secondary N) is 1. The predicted molar refractivity (Wildman–Crippen MR) is 498 cm³/mol. The summed E-state index contributed by atoms with van der Waals surface area (Å²) in [7, 11) is 4.74. The van der Waals surface area contributed by atoms with E-state index in [1.165, 1.54) is 29.8 Å². The summed E-state index contributed by atoms with van der Waals surface area (Å²) >= 11 is 25.4. The van der Waals surface area contributed by atoms with Gasteiger partial charge in [-0.2, -0.15) is 13.2 Å². The molecule has 5 saturated carbocycles. The van der Waals surface area contributed by atoms with Crippen molar-refractivity contribution in [1.29, 1.82) is 0 Å². The third kappa shape index (κ3) is 26.3. The topological polar surface area (TPSA) is 267 Å². The zero-order chi connectivity index (χ0) is 98.9. The van der Waals surface area contributed by atoms with Crippen LogP contribution in [0.5, 0.6) is 0 Å². The van der Waals surface area contributed by atoms with Crippen molar-refractivity contribution in [2.75, 3.05) is 74.1 Å². The van der Waals surface area contributed by atoms with Gasteiger partial charge in [0.15, 0.2) is 28.7 Å². The van der Waals surface area contributed by atoms with Crippen LogP contribution in [0.3, 0.4) is 0 Å². The first kappa shape index (κ1) is 106. The average Bonchev–Trinajstić information content (AvgIpc) is 1.59. The Labute approximate surface area is 806 Å². The number of ether oxygens (including phenoxy) is 5. The second-order valence-electron chi connectivity index (χ2n) is 38.1. The number of halogens is 15. The fourth-order valence-electron chi connectivity index (χ4n) is 20.2. The molecular formula is C101H119Cl4F11N6O15. The van der Waals surface area contributed by atoms with Crippen molar-refractivity contribution in [3.05, 3.63) is 204 Å². The van der Waals surface area contributed by atoms with E-state index in [0.29, 0.717) is 155 Å². The average molecular weight is 2010 g/mol. The lowest BCUT2D eigenvalue weighted by Crippen LogP contribution is -2.47. The van der Waals surface area contributed by atoms with Crippen LogP contribution >= 0.6 is 46.4 Å². The molecular weight excluding hydrogens is 1890 g/mol. The first-order valence-corrected chi connectivity index (χ1v) is 48.4. The van der Waals surface area contributed by atoms with Gasteiger partial charge < -0.3 is 76.5 Å². The lowest BCUT2D eigenvalue weighted by Gasteiger charge is -2.36. The number of aliphatic hydroxyl groups is 5. The predicted octanol–water partition coefficient (Wildman–Crippen LogP) is 22.5. The number of fused-ring (bicyclic) bond motifs is 5. The molecule has 0 spiro atoms. The molecule has 1 amide bonds. The Bertz CT molecular complexity index is 5900. The van der Waals surface area contributed by atoms with Crippen LogP contribution in [-0.4, -0.2) is 197 Å². The standard InChI is InChI=1S/C21H24ClF2NO3.C21H24F5NO3.C20H24ClF2NO3.C20H26ClNO3.C19H21ClF2N2O3/c22-16-2-1-10-25-17(14-4-11-28-13-14)12-15(19(16)25)18(26)3-5-20(27)6-8-21(23,24)9-7-20;1-30-11-6-14-12-15(18-16(21(24,25)26)4-2-10-27(14)18)17(28)5-9-19(29)7-3-8-20(22,23)13-19;1-27-11-6-14-12-15(18-16(21)4-2-10-24(14)18)17(25)5-9-19(26)7-3-8-20(22,23)13-19;1-25-13-8-15-14-16(19-17(21)6-5-12-22(15)19)18(23)7-4-11-20(24)9-2-3-10-20;20-14-2-1-7-24-15(18(26)10-27-11-18)8-13(16(14)24)17(25)23-9-12-3-5-19(21,22)6-4-12/h1-2,10,12,14,27H,3-9,11,13H2;2,4,10,12,29H,3,5-9,11,13H2,1H3;2,4,10,12,26H,3,5-9,11,13H2,1H3;5-6,12,14,24H,2-4,7-11,13H2,1H3;1-2,7-8,12,26H,3-6,9-11H2,(H,23,25). The molecule has 6 N–H and O–H groups in total. The number of ketones is 4. The molecule has 748 valence electrons. The van der Waals surface area contributed by atoms with Gasteiger partial charge in [0.25, 0.3) is 17.8 Å². The van der Waals surface area contributed by atoms with E-state index >= 15 is 0 Å². The number of rotatable bonds is 31. The van der Waals surface area contributed by atoms with Gasteiger partial charge in [0, 0.05) is 213 Å². The maximum absolute atomic E-state index is 13.7. The second-order valence-corrected chi connectivity index (χ2v) is 39.7. The van der Waals surface area contributed by atoms with Gasteiger partial charge >= 0.3 is 6.18 Å². The summed E-state index contributed by atoms with van der Waals surface area (Å²) in [5.41, 5.74) is 1.10. The summed E-state index contributed by atoms with van der Waals surface area (Å²) in [6, 6.07) is 25.0. The molecule has 0 bridgehead atoms. The Kier molecular flexibility index (Phi) is 34.6. The van der Waals surface area contributed by atoms with Crippen LogP contribution in [-0.2, 0) is 54.7 Å². The highest BCUT2D eigenvalue weighted by Gasteiger charge is 2.49. The smallest absolute Gasteiger partial charge is 0.390 e. The maximum atomic E-state index is 13.7. The molecule has 2 aliphatic heterocycles. The molecule has 10 aromatic heterocycles. The maximum Gasteiger partial charge on any atom is 0.418 e. The molecule has 10 aromatic rings. The summed E-state index contributed by atoms with van der Waals surface area (Å²) < 4.78 is 183. The van der Waals surface area contributed by atoms with Crippen LogP contribution in [0, 0.1) is 5.92 Å². The molecule has 3 unspecified atom stereocenters. The molecule has 3 atom stereocenters. The van der Waals surface area contributed by atoms with Crippen LogP contribution in [0.25, 0.3) is 27.6 Å². The van der Waals surface area contributed by atoms with Crippen LogP contribution in [0.1, 0.15) is 284 Å². The van der Waals surface area contributed by atoms with E-state index < -0.39 is 82.1 Å². The van der Waals surface area contributed by atoms with Gasteiger partial charge in [-0.3, -0.25) is 24.0 Å². The zero-order valence-corrected chi connectivity index (χ0v) is 79.9. The monoisotopic (exact) mass is 2000 g/mol. The van der Waals surface area contributed by atoms with Gasteiger partial charge in [-0.1, -0.05) is 59.2 Å². The minimum Gasteiger partial charge on any atom is -0.390 e. The van der Waals surface area contributed by atoms with Crippen molar-refractivity contribution in [1.82, 2.24) is 27.3 Å². The van der Waals surface area contributed by atoms with E-state index in [9.17, 15) is 97.8 Å². The summed E-state index contributed by atoms with van der Waals surface area (Å²) in [4.78, 5) is 64.3. The van der Waals surface area contributed by atoms with Crippen LogP contribution in [0.15, 0.2) is 122 Å². The normalized spacial score (nSPS) is 21.4. The molecule has 137 heavy (non-hydrogen) atoms. The van der Waals surface area contributed by atoms with Crippen molar-refractivity contribution in [2.45, 2.75) is 276 Å². The molecule has 7 aliphatic rings. The molecule has 17 rings (SSSR count). The molecule has 7 fully saturated rings. The number of hydrogen-bond donors (Lipinski definition) is 6. The largest absolute Gasteiger partial charge is 0.418 e. The molecule has 5 aliphatic carbocycles. The first-order valence-electron chi connectivity index (χ1n) is 46.8. The van der Waals surface area contributed by atoms with Crippen molar-refractivity contribution < 1.29 is 121 Å². The highest BCUT2D eigenvalue weighted by Crippen LogP contribution is 2.48. The van der Waals surface area contributed by atoms with E-state index in [1.807, 2.05) is 62.1 Å². The van der Waals surface area contributed by atoms with E-state index in [2.05, 4.69) is 5.32 Å². The number of Topliss-reactive ketones (excluding diaryl/α,β-unsaturated/α-hetero) is 4. The minimum atomic E-state index is -4.67. The lowest BCUT2D eigenvalue weighted by atomic mass is 9.79. The number of nitrogens with zero attached hydrogens (tertiary/aromatic N) is 5. The number of methoxy groups -OCH3 is 3. The number of carbonyl (C=O) groups is 5. The van der Waals surface area contributed by atoms with E-state index in [-0.39, 0.29) is 175 Å². The van der Waals surface area contributed by atoms with Gasteiger partial charge in [-0.15, -0.1) is 0 Å². The second kappa shape index (κ2) is 44.6. The fourth-order valence-corrected chi connectivity index (χ4v) is 21.3. The van der Waals surface area contributed by atoms with Gasteiger partial charge in [0.2, 0.25) is 11.8 Å². The molecule has 36 heteroatoms. The van der Waals surface area contributed by atoms with Crippen LogP contribution in [0.4, 0.5) is 48.3 Å².